The van der Waals surface area contributed by atoms with Crippen LogP contribution in [0.2, 0.25) is 0 Å². The molecule has 2 aromatic heterocycles. The first-order valence-electron chi connectivity index (χ1n) is 11.2. The van der Waals surface area contributed by atoms with Gasteiger partial charge >= 0.3 is 0 Å². The van der Waals surface area contributed by atoms with Gasteiger partial charge in [-0.15, -0.1) is 0 Å². The fraction of sp³-hybridized carbons (Fsp3) is 0.522. The van der Waals surface area contributed by atoms with E-state index in [1.54, 1.807) is 18.0 Å². The molecule has 2 aliphatic rings. The van der Waals surface area contributed by atoms with Gasteiger partial charge in [0.1, 0.15) is 5.82 Å². The molecule has 3 aromatic rings. The van der Waals surface area contributed by atoms with Gasteiger partial charge in [0, 0.05) is 64.7 Å². The van der Waals surface area contributed by atoms with E-state index in [4.69, 9.17) is 9.72 Å². The molecular formula is C23H30N6O2. The average molecular weight is 423 g/mol. The minimum atomic E-state index is -0.0128. The lowest BCUT2D eigenvalue weighted by molar-refractivity contribution is 0.186. The van der Waals surface area contributed by atoms with Crippen molar-refractivity contribution in [2.45, 2.75) is 38.9 Å². The Labute approximate surface area is 182 Å². The number of anilines is 1. The molecule has 4 heterocycles. The predicted octanol–water partition coefficient (Wildman–Crippen LogP) is 1.90. The fourth-order valence-electron chi connectivity index (χ4n) is 4.63. The molecule has 5 rings (SSSR count). The van der Waals surface area contributed by atoms with Gasteiger partial charge in [-0.3, -0.25) is 14.3 Å². The molecule has 1 saturated heterocycles. The first-order chi connectivity index (χ1) is 15.2. The number of rotatable bonds is 6. The maximum atomic E-state index is 12.7. The smallest absolute Gasteiger partial charge is 0.261 e. The van der Waals surface area contributed by atoms with E-state index in [0.717, 1.165) is 56.9 Å². The number of methoxy groups -OCH3 is 1. The SMILES string of the molecule is COCCn1cnc2cc(N3CCN(Cc4cn5c(n4)CCCC5)CC3)ccc2c1=O. The van der Waals surface area contributed by atoms with Crippen molar-refractivity contribution in [3.05, 3.63) is 52.6 Å². The molecule has 2 aliphatic heterocycles. The van der Waals surface area contributed by atoms with Crippen LogP contribution in [-0.2, 0) is 30.8 Å². The van der Waals surface area contributed by atoms with Crippen LogP contribution < -0.4 is 10.5 Å². The quantitative estimate of drug-likeness (QED) is 0.604. The summed E-state index contributed by atoms with van der Waals surface area (Å²) in [6.45, 7) is 6.99. The van der Waals surface area contributed by atoms with E-state index in [2.05, 4.69) is 25.5 Å². The van der Waals surface area contributed by atoms with Crippen molar-refractivity contribution in [2.75, 3.05) is 44.8 Å². The highest BCUT2D eigenvalue weighted by Crippen LogP contribution is 2.21. The molecule has 0 bridgehead atoms. The van der Waals surface area contributed by atoms with E-state index in [1.807, 2.05) is 18.2 Å². The molecule has 0 saturated carbocycles. The highest BCUT2D eigenvalue weighted by atomic mass is 16.5. The van der Waals surface area contributed by atoms with Gasteiger partial charge < -0.3 is 14.2 Å². The largest absolute Gasteiger partial charge is 0.383 e. The summed E-state index contributed by atoms with van der Waals surface area (Å²) in [5.74, 6) is 1.25. The highest BCUT2D eigenvalue weighted by Gasteiger charge is 2.20. The third-order valence-electron chi connectivity index (χ3n) is 6.43. The Morgan fingerprint density at radius 1 is 1.10 bits per heavy atom. The molecule has 8 heteroatoms. The molecule has 1 fully saturated rings. The second-order valence-electron chi connectivity index (χ2n) is 8.50. The Bertz CT molecular complexity index is 1090. The summed E-state index contributed by atoms with van der Waals surface area (Å²) in [5.41, 5.74) is 3.07. The van der Waals surface area contributed by atoms with Crippen molar-refractivity contribution in [1.82, 2.24) is 24.0 Å². The lowest BCUT2D eigenvalue weighted by Gasteiger charge is -2.35. The van der Waals surface area contributed by atoms with Crippen LogP contribution in [0.1, 0.15) is 24.4 Å². The van der Waals surface area contributed by atoms with Crippen LogP contribution in [0.5, 0.6) is 0 Å². The van der Waals surface area contributed by atoms with Crippen molar-refractivity contribution < 1.29 is 4.74 Å². The molecule has 31 heavy (non-hydrogen) atoms. The molecule has 1 aromatic carbocycles. The zero-order valence-electron chi connectivity index (χ0n) is 18.2. The molecule has 0 atom stereocenters. The number of hydrogen-bond donors (Lipinski definition) is 0. The van der Waals surface area contributed by atoms with Gasteiger partial charge in [0.2, 0.25) is 0 Å². The molecule has 0 N–H and O–H groups in total. The van der Waals surface area contributed by atoms with E-state index in [9.17, 15) is 4.79 Å². The van der Waals surface area contributed by atoms with Gasteiger partial charge in [-0.1, -0.05) is 0 Å². The lowest BCUT2D eigenvalue weighted by Crippen LogP contribution is -2.46. The number of benzene rings is 1. The number of aryl methyl sites for hydroxylation is 2. The number of fused-ring (bicyclic) bond motifs is 2. The van der Waals surface area contributed by atoms with Crippen LogP contribution in [0.4, 0.5) is 5.69 Å². The van der Waals surface area contributed by atoms with Crippen LogP contribution in [-0.4, -0.2) is 63.9 Å². The van der Waals surface area contributed by atoms with Crippen molar-refractivity contribution in [2.24, 2.45) is 0 Å². The van der Waals surface area contributed by atoms with Crippen molar-refractivity contribution in [3.8, 4) is 0 Å². The van der Waals surface area contributed by atoms with E-state index in [-0.39, 0.29) is 5.56 Å². The van der Waals surface area contributed by atoms with Crippen molar-refractivity contribution in [3.63, 3.8) is 0 Å². The summed E-state index contributed by atoms with van der Waals surface area (Å²) in [6, 6.07) is 5.99. The minimum Gasteiger partial charge on any atom is -0.383 e. The highest BCUT2D eigenvalue weighted by molar-refractivity contribution is 5.81. The third-order valence-corrected chi connectivity index (χ3v) is 6.43. The predicted molar refractivity (Wildman–Crippen MR) is 121 cm³/mol. The molecule has 0 amide bonds. The van der Waals surface area contributed by atoms with Gasteiger partial charge in [-0.05, 0) is 31.0 Å². The Kier molecular flexibility index (Phi) is 5.74. The van der Waals surface area contributed by atoms with Crippen LogP contribution in [0, 0.1) is 0 Å². The Hall–Kier alpha value is -2.71. The molecule has 0 spiro atoms. The average Bonchev–Trinajstić information content (AvgIpc) is 3.21. The first kappa shape index (κ1) is 20.2. The van der Waals surface area contributed by atoms with Crippen LogP contribution >= 0.6 is 0 Å². The second-order valence-corrected chi connectivity index (χ2v) is 8.50. The Morgan fingerprint density at radius 2 is 1.97 bits per heavy atom. The number of ether oxygens (including phenoxy) is 1. The second kappa shape index (κ2) is 8.80. The van der Waals surface area contributed by atoms with E-state index < -0.39 is 0 Å². The summed E-state index contributed by atoms with van der Waals surface area (Å²) in [5, 5.41) is 0.657. The number of imidazole rings is 1. The monoisotopic (exact) mass is 422 g/mol. The normalized spacial score (nSPS) is 17.3. The van der Waals surface area contributed by atoms with E-state index in [1.165, 1.54) is 24.4 Å². The summed E-state index contributed by atoms with van der Waals surface area (Å²) in [7, 11) is 1.63. The van der Waals surface area contributed by atoms with E-state index in [0.29, 0.717) is 18.5 Å². The van der Waals surface area contributed by atoms with Crippen molar-refractivity contribution in [1.29, 1.82) is 0 Å². The van der Waals surface area contributed by atoms with Gasteiger partial charge in [-0.2, -0.15) is 0 Å². The molecule has 8 nitrogen and oxygen atoms in total. The summed E-state index contributed by atoms with van der Waals surface area (Å²) >= 11 is 0. The third kappa shape index (κ3) is 4.22. The maximum Gasteiger partial charge on any atom is 0.261 e. The number of piperazine rings is 1. The van der Waals surface area contributed by atoms with Crippen LogP contribution in [0.25, 0.3) is 10.9 Å². The van der Waals surface area contributed by atoms with Gasteiger partial charge in [0.25, 0.3) is 5.56 Å². The summed E-state index contributed by atoms with van der Waals surface area (Å²) in [4.78, 5) is 26.9. The molecule has 0 aliphatic carbocycles. The zero-order valence-corrected chi connectivity index (χ0v) is 18.2. The Balaban J connectivity index is 1.23. The van der Waals surface area contributed by atoms with Gasteiger partial charge in [-0.25, -0.2) is 9.97 Å². The molecule has 0 unspecified atom stereocenters. The topological polar surface area (TPSA) is 68.4 Å². The molecule has 0 radical (unpaired) electrons. The zero-order chi connectivity index (χ0) is 21.2. The lowest BCUT2D eigenvalue weighted by atomic mass is 10.2. The maximum absolute atomic E-state index is 12.7. The minimum absolute atomic E-state index is 0.0128. The van der Waals surface area contributed by atoms with Crippen LogP contribution in [0.3, 0.4) is 0 Å². The van der Waals surface area contributed by atoms with Gasteiger partial charge in [0.05, 0.1) is 36.1 Å². The van der Waals surface area contributed by atoms with Gasteiger partial charge in [0.15, 0.2) is 0 Å². The number of nitrogens with zero attached hydrogens (tertiary/aromatic N) is 6. The molecule has 164 valence electrons. The summed E-state index contributed by atoms with van der Waals surface area (Å²) in [6.07, 6.45) is 7.51. The Morgan fingerprint density at radius 3 is 2.77 bits per heavy atom. The first-order valence-corrected chi connectivity index (χ1v) is 11.2. The standard InChI is InChI=1S/C23H30N6O2/c1-31-13-12-29-17-24-21-14-19(5-6-20(21)23(29)30)27-10-8-26(9-11-27)15-18-16-28-7-3-2-4-22(28)25-18/h5-6,14,16-17H,2-4,7-13,15H2,1H3. The van der Waals surface area contributed by atoms with Crippen LogP contribution in [0.15, 0.2) is 35.5 Å². The molecular weight excluding hydrogens is 392 g/mol. The fourth-order valence-corrected chi connectivity index (χ4v) is 4.63. The number of aromatic nitrogens is 4. The van der Waals surface area contributed by atoms with E-state index >= 15 is 0 Å². The van der Waals surface area contributed by atoms with Crippen molar-refractivity contribution >= 4 is 16.6 Å². The number of hydrogen-bond acceptors (Lipinski definition) is 6. The summed E-state index contributed by atoms with van der Waals surface area (Å²) < 4.78 is 9.02.